The Morgan fingerprint density at radius 1 is 1.11 bits per heavy atom. The SMILES string of the molecule is Cl.Cl.NCC1(NC(=O)CN(Cc2cccnc2)c2ccccc2)CCCC1. The van der Waals surface area contributed by atoms with E-state index in [1.54, 1.807) is 6.20 Å². The van der Waals surface area contributed by atoms with E-state index in [1.807, 2.05) is 48.7 Å². The van der Waals surface area contributed by atoms with E-state index in [1.165, 1.54) is 0 Å². The minimum atomic E-state index is -0.215. The van der Waals surface area contributed by atoms with Crippen LogP contribution in [0.5, 0.6) is 0 Å². The van der Waals surface area contributed by atoms with Gasteiger partial charge in [0.15, 0.2) is 0 Å². The van der Waals surface area contributed by atoms with Gasteiger partial charge < -0.3 is 16.0 Å². The largest absolute Gasteiger partial charge is 0.358 e. The Morgan fingerprint density at radius 2 is 1.81 bits per heavy atom. The lowest BCUT2D eigenvalue weighted by Crippen LogP contribution is -2.54. The van der Waals surface area contributed by atoms with Gasteiger partial charge in [-0.05, 0) is 36.6 Å². The van der Waals surface area contributed by atoms with Gasteiger partial charge in [0, 0.05) is 31.2 Å². The molecule has 1 fully saturated rings. The van der Waals surface area contributed by atoms with Gasteiger partial charge in [0.1, 0.15) is 0 Å². The molecule has 1 aliphatic rings. The first-order valence-corrected chi connectivity index (χ1v) is 8.91. The minimum absolute atomic E-state index is 0. The van der Waals surface area contributed by atoms with Crippen LogP contribution in [-0.4, -0.2) is 29.5 Å². The fraction of sp³-hybridized carbons (Fsp3) is 0.400. The van der Waals surface area contributed by atoms with Gasteiger partial charge in [0.05, 0.1) is 12.1 Å². The van der Waals surface area contributed by atoms with Gasteiger partial charge in [-0.3, -0.25) is 9.78 Å². The number of pyridine rings is 1. The van der Waals surface area contributed by atoms with E-state index in [-0.39, 0.29) is 36.3 Å². The van der Waals surface area contributed by atoms with Crippen LogP contribution < -0.4 is 16.0 Å². The molecule has 3 N–H and O–H groups in total. The second-order valence-electron chi connectivity index (χ2n) is 6.79. The highest BCUT2D eigenvalue weighted by molar-refractivity contribution is 5.85. The highest BCUT2D eigenvalue weighted by Gasteiger charge is 2.34. The molecule has 0 radical (unpaired) electrons. The number of halogens is 2. The zero-order valence-electron chi connectivity index (χ0n) is 15.3. The molecule has 1 aromatic heterocycles. The quantitative estimate of drug-likeness (QED) is 0.733. The van der Waals surface area contributed by atoms with Crippen LogP contribution in [0.25, 0.3) is 0 Å². The van der Waals surface area contributed by atoms with Gasteiger partial charge in [-0.15, -0.1) is 24.8 Å². The first kappa shape index (κ1) is 23.2. The van der Waals surface area contributed by atoms with Gasteiger partial charge in [-0.25, -0.2) is 0 Å². The van der Waals surface area contributed by atoms with E-state index in [0.717, 1.165) is 36.9 Å². The Labute approximate surface area is 173 Å². The van der Waals surface area contributed by atoms with Crippen molar-refractivity contribution in [2.24, 2.45) is 5.73 Å². The van der Waals surface area contributed by atoms with Crippen LogP contribution in [0, 0.1) is 0 Å². The fourth-order valence-electron chi connectivity index (χ4n) is 3.53. The van der Waals surface area contributed by atoms with Crippen molar-refractivity contribution < 1.29 is 4.79 Å². The van der Waals surface area contributed by atoms with E-state index in [9.17, 15) is 4.79 Å². The standard InChI is InChI=1S/C20H26N4O.2ClH/c21-16-20(10-4-5-11-20)23-19(25)15-24(18-8-2-1-3-9-18)14-17-7-6-12-22-13-17;;/h1-3,6-9,12-13H,4-5,10-11,14-16,21H2,(H,23,25);2*1H. The predicted molar refractivity (Wildman–Crippen MR) is 115 cm³/mol. The molecule has 0 spiro atoms. The van der Waals surface area contributed by atoms with Crippen LogP contribution in [0.4, 0.5) is 5.69 Å². The number of amides is 1. The second-order valence-corrected chi connectivity index (χ2v) is 6.79. The summed E-state index contributed by atoms with van der Waals surface area (Å²) in [6.45, 7) is 1.45. The number of carbonyl (C=O) groups is 1. The van der Waals surface area contributed by atoms with E-state index in [4.69, 9.17) is 5.73 Å². The van der Waals surface area contributed by atoms with Crippen molar-refractivity contribution in [1.29, 1.82) is 0 Å². The number of benzene rings is 1. The molecule has 5 nitrogen and oxygen atoms in total. The van der Waals surface area contributed by atoms with Crippen molar-refractivity contribution in [2.45, 2.75) is 37.8 Å². The Balaban J connectivity index is 0.00000182. The van der Waals surface area contributed by atoms with Crippen molar-refractivity contribution >= 4 is 36.4 Å². The Hall–Kier alpha value is -1.82. The molecule has 2 aromatic rings. The van der Waals surface area contributed by atoms with Crippen LogP contribution >= 0.6 is 24.8 Å². The van der Waals surface area contributed by atoms with E-state index in [2.05, 4.69) is 15.2 Å². The molecule has 1 heterocycles. The zero-order chi connectivity index (χ0) is 17.5. The molecule has 7 heteroatoms. The number of nitrogens with zero attached hydrogens (tertiary/aromatic N) is 2. The highest BCUT2D eigenvalue weighted by Crippen LogP contribution is 2.28. The Morgan fingerprint density at radius 3 is 2.41 bits per heavy atom. The van der Waals surface area contributed by atoms with Gasteiger partial charge >= 0.3 is 0 Å². The van der Waals surface area contributed by atoms with Gasteiger partial charge in [0.2, 0.25) is 5.91 Å². The molecule has 1 aliphatic carbocycles. The Kier molecular flexibility index (Phi) is 9.56. The lowest BCUT2D eigenvalue weighted by molar-refractivity contribution is -0.121. The number of rotatable bonds is 7. The number of anilines is 1. The summed E-state index contributed by atoms with van der Waals surface area (Å²) in [6.07, 6.45) is 7.82. The van der Waals surface area contributed by atoms with Crippen LogP contribution in [-0.2, 0) is 11.3 Å². The Bertz CT molecular complexity index is 679. The van der Waals surface area contributed by atoms with Gasteiger partial charge in [0.25, 0.3) is 0 Å². The summed E-state index contributed by atoms with van der Waals surface area (Å²) in [6, 6.07) is 14.0. The predicted octanol–water partition coefficient (Wildman–Crippen LogP) is 3.32. The molecule has 0 saturated heterocycles. The normalized spacial score (nSPS) is 14.6. The van der Waals surface area contributed by atoms with Crippen molar-refractivity contribution in [3.8, 4) is 0 Å². The molecule has 1 amide bonds. The maximum absolute atomic E-state index is 12.7. The lowest BCUT2D eigenvalue weighted by atomic mass is 9.98. The summed E-state index contributed by atoms with van der Waals surface area (Å²) in [5.41, 5.74) is 7.83. The number of nitrogens with two attached hydrogens (primary N) is 1. The molecular formula is C20H28Cl2N4O. The fourth-order valence-corrected chi connectivity index (χ4v) is 3.53. The number of para-hydroxylation sites is 1. The summed E-state index contributed by atoms with van der Waals surface area (Å²) in [5, 5.41) is 3.21. The summed E-state index contributed by atoms with van der Waals surface area (Å²) in [5.74, 6) is 0.0279. The number of nitrogens with one attached hydrogen (secondary N) is 1. The first-order chi connectivity index (χ1) is 12.2. The van der Waals surface area contributed by atoms with Crippen molar-refractivity contribution in [3.05, 3.63) is 60.4 Å². The van der Waals surface area contributed by atoms with Crippen molar-refractivity contribution in [3.63, 3.8) is 0 Å². The van der Waals surface area contributed by atoms with Crippen LogP contribution in [0.2, 0.25) is 0 Å². The zero-order valence-corrected chi connectivity index (χ0v) is 17.0. The number of aromatic nitrogens is 1. The molecule has 3 rings (SSSR count). The van der Waals surface area contributed by atoms with Crippen LogP contribution in [0.15, 0.2) is 54.9 Å². The lowest BCUT2D eigenvalue weighted by Gasteiger charge is -2.31. The number of hydrogen-bond donors (Lipinski definition) is 2. The maximum Gasteiger partial charge on any atom is 0.240 e. The molecule has 0 atom stereocenters. The molecule has 0 bridgehead atoms. The summed E-state index contributed by atoms with van der Waals surface area (Å²) >= 11 is 0. The molecule has 1 saturated carbocycles. The molecule has 0 aliphatic heterocycles. The van der Waals surface area contributed by atoms with E-state index >= 15 is 0 Å². The van der Waals surface area contributed by atoms with Crippen LogP contribution in [0.3, 0.4) is 0 Å². The van der Waals surface area contributed by atoms with Gasteiger partial charge in [-0.2, -0.15) is 0 Å². The van der Waals surface area contributed by atoms with Crippen molar-refractivity contribution in [2.75, 3.05) is 18.0 Å². The van der Waals surface area contributed by atoms with E-state index < -0.39 is 0 Å². The van der Waals surface area contributed by atoms with Gasteiger partial charge in [-0.1, -0.05) is 37.1 Å². The average molecular weight is 411 g/mol. The van der Waals surface area contributed by atoms with Crippen molar-refractivity contribution in [1.82, 2.24) is 10.3 Å². The molecule has 1 aromatic carbocycles. The topological polar surface area (TPSA) is 71.2 Å². The summed E-state index contributed by atoms with van der Waals surface area (Å²) < 4.78 is 0. The molecular weight excluding hydrogens is 383 g/mol. The number of carbonyl (C=O) groups excluding carboxylic acids is 1. The maximum atomic E-state index is 12.7. The molecule has 27 heavy (non-hydrogen) atoms. The smallest absolute Gasteiger partial charge is 0.240 e. The second kappa shape index (κ2) is 11.1. The third-order valence-corrected chi connectivity index (χ3v) is 4.91. The summed E-state index contributed by atoms with van der Waals surface area (Å²) in [4.78, 5) is 19.0. The third kappa shape index (κ3) is 6.38. The highest BCUT2D eigenvalue weighted by atomic mass is 35.5. The number of hydrogen-bond acceptors (Lipinski definition) is 4. The van der Waals surface area contributed by atoms with E-state index in [0.29, 0.717) is 19.6 Å². The third-order valence-electron chi connectivity index (χ3n) is 4.91. The minimum Gasteiger partial charge on any atom is -0.358 e. The monoisotopic (exact) mass is 410 g/mol. The molecule has 0 unspecified atom stereocenters. The summed E-state index contributed by atoms with van der Waals surface area (Å²) in [7, 11) is 0. The average Bonchev–Trinajstić information content (AvgIpc) is 3.11. The van der Waals surface area contributed by atoms with Crippen LogP contribution in [0.1, 0.15) is 31.2 Å². The molecule has 148 valence electrons. The first-order valence-electron chi connectivity index (χ1n) is 8.91.